The Balaban J connectivity index is 2.21. The summed E-state index contributed by atoms with van der Waals surface area (Å²) in [6.45, 7) is 8.49. The molecule has 0 aliphatic heterocycles. The first kappa shape index (κ1) is 19.4. The van der Waals surface area contributed by atoms with E-state index in [2.05, 4.69) is 31.1 Å². The Hall–Kier alpha value is -1.95. The second-order valence-corrected chi connectivity index (χ2v) is 7.17. The Kier molecular flexibility index (Phi) is 5.52. The molecule has 1 N–H and O–H groups in total. The lowest BCUT2D eigenvalue weighted by Gasteiger charge is -2.28. The highest BCUT2D eigenvalue weighted by atomic mass is 19.4. The average Bonchev–Trinajstić information content (AvgIpc) is 2.52. The number of benzene rings is 1. The standard InChI is InChI=1S/C19H22F4N2/c1-12(18(2,3)4)24-11-17-15(20)9-10-16(25-17)13-5-7-14(8-6-13)19(21,22)23/h5-10,12,24H,11H2,1-4H3/t12-/m1/s1. The monoisotopic (exact) mass is 354 g/mol. The molecular formula is C19H22F4N2. The van der Waals surface area contributed by atoms with E-state index in [1.807, 2.05) is 6.92 Å². The summed E-state index contributed by atoms with van der Waals surface area (Å²) < 4.78 is 51.9. The third-order valence-corrected chi connectivity index (χ3v) is 4.30. The van der Waals surface area contributed by atoms with Crippen LogP contribution in [0.15, 0.2) is 36.4 Å². The van der Waals surface area contributed by atoms with Crippen molar-refractivity contribution in [1.29, 1.82) is 0 Å². The first-order valence-corrected chi connectivity index (χ1v) is 8.05. The van der Waals surface area contributed by atoms with Crippen LogP contribution >= 0.6 is 0 Å². The Morgan fingerprint density at radius 1 is 1.00 bits per heavy atom. The third kappa shape index (κ3) is 5.01. The van der Waals surface area contributed by atoms with Crippen LogP contribution in [0.25, 0.3) is 11.3 Å². The van der Waals surface area contributed by atoms with E-state index in [1.54, 1.807) is 0 Å². The number of hydrogen-bond acceptors (Lipinski definition) is 2. The first-order chi connectivity index (χ1) is 11.5. The molecule has 136 valence electrons. The summed E-state index contributed by atoms with van der Waals surface area (Å²) in [4.78, 5) is 4.27. The van der Waals surface area contributed by atoms with Crippen molar-refractivity contribution in [2.45, 2.75) is 46.5 Å². The maximum Gasteiger partial charge on any atom is 0.416 e. The summed E-state index contributed by atoms with van der Waals surface area (Å²) >= 11 is 0. The molecule has 0 bridgehead atoms. The van der Waals surface area contributed by atoms with E-state index in [1.165, 1.54) is 24.3 Å². The zero-order chi connectivity index (χ0) is 18.8. The van der Waals surface area contributed by atoms with Crippen LogP contribution in [-0.2, 0) is 12.7 Å². The Bertz CT molecular complexity index is 716. The van der Waals surface area contributed by atoms with Gasteiger partial charge in [0.05, 0.1) is 17.0 Å². The number of hydrogen-bond donors (Lipinski definition) is 1. The van der Waals surface area contributed by atoms with Gasteiger partial charge in [-0.1, -0.05) is 32.9 Å². The molecule has 0 saturated carbocycles. The number of alkyl halides is 3. The fourth-order valence-electron chi connectivity index (χ4n) is 2.16. The van der Waals surface area contributed by atoms with Crippen molar-refractivity contribution < 1.29 is 17.6 Å². The first-order valence-electron chi connectivity index (χ1n) is 8.05. The highest BCUT2D eigenvalue weighted by Gasteiger charge is 2.30. The van der Waals surface area contributed by atoms with Crippen molar-refractivity contribution >= 4 is 0 Å². The highest BCUT2D eigenvalue weighted by Crippen LogP contribution is 2.30. The largest absolute Gasteiger partial charge is 0.416 e. The Morgan fingerprint density at radius 2 is 1.60 bits per heavy atom. The van der Waals surface area contributed by atoms with Crippen LogP contribution in [0.1, 0.15) is 39.0 Å². The molecule has 0 unspecified atom stereocenters. The molecule has 0 aliphatic carbocycles. The predicted octanol–water partition coefficient (Wildman–Crippen LogP) is 5.43. The van der Waals surface area contributed by atoms with E-state index in [4.69, 9.17) is 0 Å². The summed E-state index contributed by atoms with van der Waals surface area (Å²) in [5, 5.41) is 3.24. The van der Waals surface area contributed by atoms with Gasteiger partial charge in [-0.25, -0.2) is 9.37 Å². The summed E-state index contributed by atoms with van der Waals surface area (Å²) in [7, 11) is 0. The molecule has 0 saturated heterocycles. The van der Waals surface area contributed by atoms with Crippen molar-refractivity contribution in [2.75, 3.05) is 0 Å². The quantitative estimate of drug-likeness (QED) is 0.741. The molecule has 0 amide bonds. The zero-order valence-corrected chi connectivity index (χ0v) is 14.7. The highest BCUT2D eigenvalue weighted by molar-refractivity contribution is 5.59. The van der Waals surface area contributed by atoms with Gasteiger partial charge in [0.2, 0.25) is 0 Å². The molecular weight excluding hydrogens is 332 g/mol. The normalized spacial score (nSPS) is 13.8. The van der Waals surface area contributed by atoms with Crippen molar-refractivity contribution in [1.82, 2.24) is 10.3 Å². The third-order valence-electron chi connectivity index (χ3n) is 4.30. The Labute approximate surface area is 145 Å². The lowest BCUT2D eigenvalue weighted by Crippen LogP contribution is -2.37. The zero-order valence-electron chi connectivity index (χ0n) is 14.7. The fraction of sp³-hybridized carbons (Fsp3) is 0.421. The molecule has 2 nitrogen and oxygen atoms in total. The van der Waals surface area contributed by atoms with Gasteiger partial charge in [-0.05, 0) is 36.6 Å². The van der Waals surface area contributed by atoms with E-state index < -0.39 is 17.6 Å². The van der Waals surface area contributed by atoms with E-state index in [-0.39, 0.29) is 23.7 Å². The lowest BCUT2D eigenvalue weighted by atomic mass is 9.88. The molecule has 1 heterocycles. The van der Waals surface area contributed by atoms with Crippen LogP contribution in [0.3, 0.4) is 0 Å². The topological polar surface area (TPSA) is 24.9 Å². The van der Waals surface area contributed by atoms with E-state index in [0.717, 1.165) is 12.1 Å². The summed E-state index contributed by atoms with van der Waals surface area (Å²) in [6, 6.07) is 7.59. The minimum Gasteiger partial charge on any atom is -0.308 e. The number of nitrogens with zero attached hydrogens (tertiary/aromatic N) is 1. The van der Waals surface area contributed by atoms with Gasteiger partial charge in [-0.3, -0.25) is 0 Å². The van der Waals surface area contributed by atoms with Gasteiger partial charge in [0.1, 0.15) is 5.82 Å². The molecule has 25 heavy (non-hydrogen) atoms. The molecule has 1 aromatic carbocycles. The van der Waals surface area contributed by atoms with Crippen LogP contribution in [-0.4, -0.2) is 11.0 Å². The number of pyridine rings is 1. The summed E-state index contributed by atoms with van der Waals surface area (Å²) in [5.41, 5.74) is 0.489. The Morgan fingerprint density at radius 3 is 2.12 bits per heavy atom. The fourth-order valence-corrected chi connectivity index (χ4v) is 2.16. The molecule has 0 spiro atoms. The van der Waals surface area contributed by atoms with Crippen LogP contribution < -0.4 is 5.32 Å². The number of nitrogens with one attached hydrogen (secondary N) is 1. The van der Waals surface area contributed by atoms with Gasteiger partial charge >= 0.3 is 6.18 Å². The number of halogens is 4. The van der Waals surface area contributed by atoms with Crippen molar-refractivity contribution in [3.63, 3.8) is 0 Å². The number of rotatable bonds is 4. The van der Waals surface area contributed by atoms with E-state index in [0.29, 0.717) is 11.3 Å². The van der Waals surface area contributed by atoms with E-state index in [9.17, 15) is 17.6 Å². The van der Waals surface area contributed by atoms with Gasteiger partial charge in [-0.2, -0.15) is 13.2 Å². The molecule has 1 aromatic heterocycles. The number of aromatic nitrogens is 1. The van der Waals surface area contributed by atoms with Crippen LogP contribution in [0, 0.1) is 11.2 Å². The molecule has 0 radical (unpaired) electrons. The summed E-state index contributed by atoms with van der Waals surface area (Å²) in [6.07, 6.45) is -4.38. The van der Waals surface area contributed by atoms with E-state index >= 15 is 0 Å². The van der Waals surface area contributed by atoms with Crippen molar-refractivity contribution in [3.05, 3.63) is 53.5 Å². The van der Waals surface area contributed by atoms with Gasteiger partial charge in [0.15, 0.2) is 0 Å². The van der Waals surface area contributed by atoms with Gasteiger partial charge < -0.3 is 5.32 Å². The average molecular weight is 354 g/mol. The van der Waals surface area contributed by atoms with Crippen molar-refractivity contribution in [2.24, 2.45) is 5.41 Å². The maximum atomic E-state index is 14.0. The SMILES string of the molecule is C[C@@H](NCc1nc(-c2ccc(C(F)(F)F)cc2)ccc1F)C(C)(C)C. The molecule has 0 aliphatic rings. The smallest absolute Gasteiger partial charge is 0.308 e. The second kappa shape index (κ2) is 7.12. The molecule has 2 rings (SSSR count). The van der Waals surface area contributed by atoms with Crippen LogP contribution in [0.5, 0.6) is 0 Å². The second-order valence-electron chi connectivity index (χ2n) is 7.17. The lowest BCUT2D eigenvalue weighted by molar-refractivity contribution is -0.137. The summed E-state index contributed by atoms with van der Waals surface area (Å²) in [5.74, 6) is -0.440. The maximum absolute atomic E-state index is 14.0. The minimum absolute atomic E-state index is 0.0154. The van der Waals surface area contributed by atoms with Gasteiger partial charge in [-0.15, -0.1) is 0 Å². The van der Waals surface area contributed by atoms with Gasteiger partial charge in [0, 0.05) is 18.2 Å². The van der Waals surface area contributed by atoms with Crippen molar-refractivity contribution in [3.8, 4) is 11.3 Å². The predicted molar refractivity (Wildman–Crippen MR) is 90.4 cm³/mol. The van der Waals surface area contributed by atoms with Gasteiger partial charge in [0.25, 0.3) is 0 Å². The molecule has 6 heteroatoms. The molecule has 0 fully saturated rings. The van der Waals surface area contributed by atoms with Crippen LogP contribution in [0.4, 0.5) is 17.6 Å². The van der Waals surface area contributed by atoms with Crippen LogP contribution in [0.2, 0.25) is 0 Å². The molecule has 2 aromatic rings. The molecule has 1 atom stereocenters. The minimum atomic E-state index is -4.38.